The molecular weight excluding hydrogens is 192 g/mol. The van der Waals surface area contributed by atoms with Crippen molar-refractivity contribution in [3.63, 3.8) is 0 Å². The molecular formula is C12H18OS. The first-order chi connectivity index (χ1) is 6.61. The standard InChI is InChI=1S/C12H18OS/c1-9(13)10(2)14-11(3)12-7-5-4-6-8-12/h4-11,13H,1-3H3. The highest BCUT2D eigenvalue weighted by Gasteiger charge is 2.14. The van der Waals surface area contributed by atoms with Crippen molar-refractivity contribution in [1.29, 1.82) is 0 Å². The highest BCUT2D eigenvalue weighted by molar-refractivity contribution is 8.00. The summed E-state index contributed by atoms with van der Waals surface area (Å²) < 4.78 is 0. The van der Waals surface area contributed by atoms with E-state index in [1.807, 2.05) is 24.8 Å². The first-order valence-corrected chi connectivity index (χ1v) is 5.94. The van der Waals surface area contributed by atoms with E-state index in [0.29, 0.717) is 5.25 Å². The van der Waals surface area contributed by atoms with Crippen molar-refractivity contribution in [3.05, 3.63) is 35.9 Å². The Balaban J connectivity index is 2.55. The van der Waals surface area contributed by atoms with E-state index in [1.165, 1.54) is 5.56 Å². The lowest BCUT2D eigenvalue weighted by molar-refractivity contribution is 0.196. The van der Waals surface area contributed by atoms with Crippen LogP contribution in [-0.4, -0.2) is 16.5 Å². The van der Waals surface area contributed by atoms with Crippen LogP contribution < -0.4 is 0 Å². The number of rotatable bonds is 4. The molecule has 0 heterocycles. The molecule has 0 saturated carbocycles. The number of aliphatic hydroxyl groups excluding tert-OH is 1. The lowest BCUT2D eigenvalue weighted by atomic mass is 10.2. The van der Waals surface area contributed by atoms with Crippen molar-refractivity contribution in [1.82, 2.24) is 0 Å². The average Bonchev–Trinajstić information content (AvgIpc) is 2.19. The molecule has 0 fully saturated rings. The molecule has 0 amide bonds. The van der Waals surface area contributed by atoms with Gasteiger partial charge in [-0.2, -0.15) is 0 Å². The zero-order valence-corrected chi connectivity index (χ0v) is 9.79. The molecule has 0 saturated heterocycles. The van der Waals surface area contributed by atoms with Gasteiger partial charge in [0.15, 0.2) is 0 Å². The maximum Gasteiger partial charge on any atom is 0.0628 e. The lowest BCUT2D eigenvalue weighted by Gasteiger charge is -2.19. The molecule has 3 atom stereocenters. The number of aliphatic hydroxyl groups is 1. The van der Waals surface area contributed by atoms with Gasteiger partial charge in [-0.3, -0.25) is 0 Å². The number of thioether (sulfide) groups is 1. The molecule has 1 N–H and O–H groups in total. The Morgan fingerprint density at radius 1 is 1.07 bits per heavy atom. The van der Waals surface area contributed by atoms with Gasteiger partial charge in [-0.1, -0.05) is 37.3 Å². The van der Waals surface area contributed by atoms with Gasteiger partial charge >= 0.3 is 0 Å². The predicted molar refractivity (Wildman–Crippen MR) is 63.6 cm³/mol. The molecule has 78 valence electrons. The molecule has 0 aliphatic carbocycles. The Morgan fingerprint density at radius 2 is 1.64 bits per heavy atom. The van der Waals surface area contributed by atoms with E-state index >= 15 is 0 Å². The molecule has 0 aliphatic rings. The van der Waals surface area contributed by atoms with Gasteiger partial charge in [0.2, 0.25) is 0 Å². The topological polar surface area (TPSA) is 20.2 Å². The smallest absolute Gasteiger partial charge is 0.0628 e. The maximum atomic E-state index is 9.40. The summed E-state index contributed by atoms with van der Waals surface area (Å²) in [5.41, 5.74) is 1.32. The molecule has 1 aromatic rings. The van der Waals surface area contributed by atoms with Crippen LogP contribution in [0.25, 0.3) is 0 Å². The fourth-order valence-electron chi connectivity index (χ4n) is 1.24. The van der Waals surface area contributed by atoms with Crippen LogP contribution in [0.4, 0.5) is 0 Å². The second kappa shape index (κ2) is 5.42. The van der Waals surface area contributed by atoms with Crippen LogP contribution in [0.15, 0.2) is 30.3 Å². The lowest BCUT2D eigenvalue weighted by Crippen LogP contribution is -2.16. The fraction of sp³-hybridized carbons (Fsp3) is 0.500. The molecule has 0 bridgehead atoms. The molecule has 0 radical (unpaired) electrons. The quantitative estimate of drug-likeness (QED) is 0.823. The van der Waals surface area contributed by atoms with E-state index in [9.17, 15) is 5.11 Å². The zero-order chi connectivity index (χ0) is 10.6. The van der Waals surface area contributed by atoms with E-state index in [1.54, 1.807) is 0 Å². The third-order valence-electron chi connectivity index (χ3n) is 2.37. The molecule has 0 aromatic heterocycles. The SMILES string of the molecule is CC(SC(C)C(C)O)c1ccccc1. The number of hydrogen-bond acceptors (Lipinski definition) is 2. The zero-order valence-electron chi connectivity index (χ0n) is 8.97. The second-order valence-corrected chi connectivity index (χ2v) is 5.36. The Morgan fingerprint density at radius 3 is 2.14 bits per heavy atom. The van der Waals surface area contributed by atoms with Crippen molar-refractivity contribution in [2.75, 3.05) is 0 Å². The summed E-state index contributed by atoms with van der Waals surface area (Å²) >= 11 is 1.81. The Hall–Kier alpha value is -0.470. The average molecular weight is 210 g/mol. The fourth-order valence-corrected chi connectivity index (χ4v) is 2.42. The summed E-state index contributed by atoms with van der Waals surface area (Å²) in [6.07, 6.45) is -0.244. The third kappa shape index (κ3) is 3.35. The number of benzene rings is 1. The van der Waals surface area contributed by atoms with Crippen LogP contribution >= 0.6 is 11.8 Å². The van der Waals surface area contributed by atoms with Gasteiger partial charge < -0.3 is 5.11 Å². The first-order valence-electron chi connectivity index (χ1n) is 4.99. The van der Waals surface area contributed by atoms with Gasteiger partial charge in [0.25, 0.3) is 0 Å². The monoisotopic (exact) mass is 210 g/mol. The third-order valence-corrected chi connectivity index (χ3v) is 3.87. The molecule has 1 rings (SSSR count). The van der Waals surface area contributed by atoms with Gasteiger partial charge in [0.05, 0.1) is 6.10 Å². The van der Waals surface area contributed by atoms with Gasteiger partial charge in [-0.15, -0.1) is 11.8 Å². The Kier molecular flexibility index (Phi) is 4.49. The summed E-state index contributed by atoms with van der Waals surface area (Å²) in [4.78, 5) is 0. The van der Waals surface area contributed by atoms with Gasteiger partial charge in [-0.05, 0) is 19.4 Å². The van der Waals surface area contributed by atoms with Crippen molar-refractivity contribution in [2.45, 2.75) is 37.4 Å². The van der Waals surface area contributed by atoms with Gasteiger partial charge in [0, 0.05) is 10.5 Å². The van der Waals surface area contributed by atoms with Crippen molar-refractivity contribution >= 4 is 11.8 Å². The van der Waals surface area contributed by atoms with Crippen molar-refractivity contribution in [3.8, 4) is 0 Å². The van der Waals surface area contributed by atoms with E-state index in [2.05, 4.69) is 38.1 Å². The summed E-state index contributed by atoms with van der Waals surface area (Å²) in [7, 11) is 0. The van der Waals surface area contributed by atoms with E-state index < -0.39 is 0 Å². The van der Waals surface area contributed by atoms with Crippen LogP contribution in [-0.2, 0) is 0 Å². The molecule has 0 aliphatic heterocycles. The van der Waals surface area contributed by atoms with Crippen molar-refractivity contribution in [2.24, 2.45) is 0 Å². The van der Waals surface area contributed by atoms with E-state index in [-0.39, 0.29) is 11.4 Å². The highest BCUT2D eigenvalue weighted by atomic mass is 32.2. The van der Waals surface area contributed by atoms with Crippen LogP contribution in [0.3, 0.4) is 0 Å². The molecule has 2 heteroatoms. The van der Waals surface area contributed by atoms with Crippen LogP contribution in [0, 0.1) is 0 Å². The summed E-state index contributed by atoms with van der Waals surface area (Å²) in [6, 6.07) is 10.4. The molecule has 14 heavy (non-hydrogen) atoms. The van der Waals surface area contributed by atoms with E-state index in [4.69, 9.17) is 0 Å². The molecule has 0 spiro atoms. The predicted octanol–water partition coefficient (Wildman–Crippen LogP) is 3.25. The van der Waals surface area contributed by atoms with Crippen molar-refractivity contribution < 1.29 is 5.11 Å². The van der Waals surface area contributed by atoms with Gasteiger partial charge in [0.1, 0.15) is 0 Å². The number of hydrogen-bond donors (Lipinski definition) is 1. The molecule has 3 unspecified atom stereocenters. The summed E-state index contributed by atoms with van der Waals surface area (Å²) in [6.45, 7) is 6.09. The molecule has 1 aromatic carbocycles. The minimum Gasteiger partial charge on any atom is -0.392 e. The summed E-state index contributed by atoms with van der Waals surface area (Å²) in [5.74, 6) is 0. The molecule has 1 nitrogen and oxygen atoms in total. The first kappa shape index (κ1) is 11.6. The summed E-state index contributed by atoms with van der Waals surface area (Å²) in [5, 5.41) is 10.1. The van der Waals surface area contributed by atoms with Crippen LogP contribution in [0.2, 0.25) is 0 Å². The Bertz CT molecular complexity index is 258. The van der Waals surface area contributed by atoms with Gasteiger partial charge in [-0.25, -0.2) is 0 Å². The van der Waals surface area contributed by atoms with E-state index in [0.717, 1.165) is 0 Å². The highest BCUT2D eigenvalue weighted by Crippen LogP contribution is 2.32. The minimum absolute atomic E-state index is 0.244. The minimum atomic E-state index is -0.244. The normalized spacial score (nSPS) is 17.4. The Labute approximate surface area is 90.5 Å². The second-order valence-electron chi connectivity index (χ2n) is 3.63. The van der Waals surface area contributed by atoms with Crippen LogP contribution in [0.1, 0.15) is 31.6 Å². The van der Waals surface area contributed by atoms with Crippen LogP contribution in [0.5, 0.6) is 0 Å². The maximum absolute atomic E-state index is 9.40. The largest absolute Gasteiger partial charge is 0.392 e.